The van der Waals surface area contributed by atoms with Crippen LogP contribution >= 0.6 is 0 Å². The number of rotatable bonds is 4. The lowest BCUT2D eigenvalue weighted by Gasteiger charge is -2.11. The Morgan fingerprint density at radius 2 is 1.84 bits per heavy atom. The molecule has 0 fully saturated rings. The SMILES string of the molecule is Cc1ccc(S(=O)(=O)CC(=O)N(C)C)cc1C(=O)O. The van der Waals surface area contributed by atoms with E-state index in [1.807, 2.05) is 0 Å². The van der Waals surface area contributed by atoms with Gasteiger partial charge in [0.05, 0.1) is 10.5 Å². The first-order chi connectivity index (χ1) is 8.65. The van der Waals surface area contributed by atoms with Crippen LogP contribution in [0.3, 0.4) is 0 Å². The predicted octanol–water partition coefficient (Wildman–Crippen LogP) is 0.555. The van der Waals surface area contributed by atoms with Gasteiger partial charge in [0.15, 0.2) is 9.84 Å². The number of nitrogens with zero attached hydrogens (tertiary/aromatic N) is 1. The van der Waals surface area contributed by atoms with Crippen LogP contribution in [0.25, 0.3) is 0 Å². The highest BCUT2D eigenvalue weighted by Gasteiger charge is 2.22. The van der Waals surface area contributed by atoms with E-state index in [4.69, 9.17) is 5.11 Å². The van der Waals surface area contributed by atoms with Crippen LogP contribution in [0.1, 0.15) is 15.9 Å². The van der Waals surface area contributed by atoms with Gasteiger partial charge >= 0.3 is 5.97 Å². The monoisotopic (exact) mass is 285 g/mol. The number of amides is 1. The molecule has 1 aromatic carbocycles. The van der Waals surface area contributed by atoms with Crippen molar-refractivity contribution in [1.82, 2.24) is 4.90 Å². The van der Waals surface area contributed by atoms with Crippen molar-refractivity contribution < 1.29 is 23.1 Å². The lowest BCUT2D eigenvalue weighted by Crippen LogP contribution is -2.29. The van der Waals surface area contributed by atoms with Gasteiger partial charge < -0.3 is 10.0 Å². The van der Waals surface area contributed by atoms with Crippen LogP contribution in [0.2, 0.25) is 0 Å². The zero-order valence-electron chi connectivity index (χ0n) is 10.9. The van der Waals surface area contributed by atoms with E-state index in [2.05, 4.69) is 0 Å². The predicted molar refractivity (Wildman–Crippen MR) is 68.9 cm³/mol. The summed E-state index contributed by atoms with van der Waals surface area (Å²) in [5.41, 5.74) is 0.378. The van der Waals surface area contributed by atoms with Crippen LogP contribution in [0.4, 0.5) is 0 Å². The van der Waals surface area contributed by atoms with Crippen LogP contribution in [0.5, 0.6) is 0 Å². The van der Waals surface area contributed by atoms with E-state index < -0.39 is 27.5 Å². The van der Waals surface area contributed by atoms with Gasteiger partial charge in [-0.2, -0.15) is 0 Å². The Balaban J connectivity index is 3.19. The molecule has 0 aromatic heterocycles. The first-order valence-corrected chi connectivity index (χ1v) is 7.07. The standard InChI is InChI=1S/C12H15NO5S/c1-8-4-5-9(6-10(8)12(15)16)19(17,18)7-11(14)13(2)3/h4-6H,7H2,1-3H3,(H,15,16). The molecule has 0 aliphatic carbocycles. The van der Waals surface area contributed by atoms with E-state index in [0.29, 0.717) is 5.56 Å². The average Bonchev–Trinajstić information content (AvgIpc) is 2.27. The highest BCUT2D eigenvalue weighted by molar-refractivity contribution is 7.92. The summed E-state index contributed by atoms with van der Waals surface area (Å²) >= 11 is 0. The number of benzene rings is 1. The summed E-state index contributed by atoms with van der Waals surface area (Å²) in [4.78, 5) is 23.4. The van der Waals surface area contributed by atoms with Crippen molar-refractivity contribution in [3.63, 3.8) is 0 Å². The topological polar surface area (TPSA) is 91.8 Å². The summed E-state index contributed by atoms with van der Waals surface area (Å²) in [6.45, 7) is 1.57. The minimum atomic E-state index is -3.83. The summed E-state index contributed by atoms with van der Waals surface area (Å²) in [6, 6.07) is 3.80. The number of carbonyl (C=O) groups excluding carboxylic acids is 1. The molecule has 0 radical (unpaired) electrons. The van der Waals surface area contributed by atoms with Crippen LogP contribution in [-0.4, -0.2) is 50.1 Å². The molecule has 0 bridgehead atoms. The van der Waals surface area contributed by atoms with Crippen LogP contribution in [-0.2, 0) is 14.6 Å². The second kappa shape index (κ2) is 5.40. The van der Waals surface area contributed by atoms with Crippen molar-refractivity contribution in [1.29, 1.82) is 0 Å². The first kappa shape index (κ1) is 15.2. The molecule has 0 unspecified atom stereocenters. The summed E-state index contributed by atoms with van der Waals surface area (Å²) in [5.74, 6) is -2.44. The van der Waals surface area contributed by atoms with Crippen LogP contribution < -0.4 is 0 Å². The first-order valence-electron chi connectivity index (χ1n) is 5.42. The van der Waals surface area contributed by atoms with Gasteiger partial charge in [-0.1, -0.05) is 6.07 Å². The Morgan fingerprint density at radius 1 is 1.26 bits per heavy atom. The lowest BCUT2D eigenvalue weighted by molar-refractivity contribution is -0.125. The Morgan fingerprint density at radius 3 is 2.32 bits per heavy atom. The van der Waals surface area contributed by atoms with Crippen LogP contribution in [0, 0.1) is 6.92 Å². The zero-order chi connectivity index (χ0) is 14.8. The second-order valence-electron chi connectivity index (χ2n) is 4.33. The fourth-order valence-electron chi connectivity index (χ4n) is 1.40. The molecule has 7 heteroatoms. The Labute approximate surface area is 111 Å². The second-order valence-corrected chi connectivity index (χ2v) is 6.32. The molecular weight excluding hydrogens is 270 g/mol. The maximum Gasteiger partial charge on any atom is 0.335 e. The van der Waals surface area contributed by atoms with Crippen molar-refractivity contribution in [3.8, 4) is 0 Å². The fourth-order valence-corrected chi connectivity index (χ4v) is 2.72. The minimum Gasteiger partial charge on any atom is -0.478 e. The van der Waals surface area contributed by atoms with E-state index in [1.54, 1.807) is 6.92 Å². The summed E-state index contributed by atoms with van der Waals surface area (Å²) < 4.78 is 24.0. The maximum atomic E-state index is 12.0. The molecule has 0 heterocycles. The van der Waals surface area contributed by atoms with Gasteiger partial charge in [0.2, 0.25) is 5.91 Å². The molecule has 6 nitrogen and oxygen atoms in total. The van der Waals surface area contributed by atoms with Crippen molar-refractivity contribution in [2.24, 2.45) is 0 Å². The van der Waals surface area contributed by atoms with Crippen LogP contribution in [0.15, 0.2) is 23.1 Å². The van der Waals surface area contributed by atoms with Crippen molar-refractivity contribution in [2.45, 2.75) is 11.8 Å². The molecule has 0 aliphatic heterocycles. The van der Waals surface area contributed by atoms with E-state index in [9.17, 15) is 18.0 Å². The fraction of sp³-hybridized carbons (Fsp3) is 0.333. The van der Waals surface area contributed by atoms with Gasteiger partial charge in [0.1, 0.15) is 5.75 Å². The quantitative estimate of drug-likeness (QED) is 0.872. The summed E-state index contributed by atoms with van der Waals surface area (Å²) in [7, 11) is -0.924. The minimum absolute atomic E-state index is 0.0848. The van der Waals surface area contributed by atoms with Gasteiger partial charge in [0.25, 0.3) is 0 Å². The number of aromatic carboxylic acids is 1. The molecular formula is C12H15NO5S. The number of carboxylic acids is 1. The number of sulfone groups is 1. The van der Waals surface area contributed by atoms with Gasteiger partial charge in [-0.3, -0.25) is 4.79 Å². The van der Waals surface area contributed by atoms with E-state index in [0.717, 1.165) is 6.07 Å². The van der Waals surface area contributed by atoms with E-state index >= 15 is 0 Å². The molecule has 1 N–H and O–H groups in total. The van der Waals surface area contributed by atoms with E-state index in [-0.39, 0.29) is 10.5 Å². The molecule has 1 aromatic rings. The normalized spacial score (nSPS) is 11.1. The molecule has 19 heavy (non-hydrogen) atoms. The molecule has 0 aliphatic rings. The highest BCUT2D eigenvalue weighted by Crippen LogP contribution is 2.17. The average molecular weight is 285 g/mol. The third-order valence-electron chi connectivity index (χ3n) is 2.61. The number of carbonyl (C=O) groups is 2. The number of aryl methyl sites for hydroxylation is 1. The van der Waals surface area contributed by atoms with Gasteiger partial charge in [-0.05, 0) is 24.6 Å². The smallest absolute Gasteiger partial charge is 0.335 e. The number of hydrogen-bond donors (Lipinski definition) is 1. The third-order valence-corrected chi connectivity index (χ3v) is 4.21. The number of hydrogen-bond acceptors (Lipinski definition) is 4. The molecule has 0 saturated heterocycles. The molecule has 1 amide bonds. The van der Waals surface area contributed by atoms with Crippen molar-refractivity contribution in [3.05, 3.63) is 29.3 Å². The molecule has 1 rings (SSSR count). The zero-order valence-corrected chi connectivity index (χ0v) is 11.7. The van der Waals surface area contributed by atoms with E-state index in [1.165, 1.54) is 31.1 Å². The molecule has 0 atom stereocenters. The Hall–Kier alpha value is -1.89. The van der Waals surface area contributed by atoms with Gasteiger partial charge in [0, 0.05) is 14.1 Å². The summed E-state index contributed by atoms with van der Waals surface area (Å²) in [5, 5.41) is 8.96. The third kappa shape index (κ3) is 3.54. The molecule has 0 saturated carbocycles. The van der Waals surface area contributed by atoms with Gasteiger partial charge in [-0.15, -0.1) is 0 Å². The maximum absolute atomic E-state index is 12.0. The summed E-state index contributed by atoms with van der Waals surface area (Å²) in [6.07, 6.45) is 0. The van der Waals surface area contributed by atoms with Crippen molar-refractivity contribution in [2.75, 3.05) is 19.8 Å². The number of carboxylic acid groups (broad SMARTS) is 1. The van der Waals surface area contributed by atoms with Crippen molar-refractivity contribution >= 4 is 21.7 Å². The highest BCUT2D eigenvalue weighted by atomic mass is 32.2. The molecule has 0 spiro atoms. The molecule has 104 valence electrons. The lowest BCUT2D eigenvalue weighted by atomic mass is 10.1. The Kier molecular flexibility index (Phi) is 4.31. The van der Waals surface area contributed by atoms with Gasteiger partial charge in [-0.25, -0.2) is 13.2 Å². The largest absolute Gasteiger partial charge is 0.478 e. The Bertz CT molecular complexity index is 619.